The maximum atomic E-state index is 10.5. The van der Waals surface area contributed by atoms with Crippen molar-refractivity contribution in [1.29, 1.82) is 0 Å². The van der Waals surface area contributed by atoms with Gasteiger partial charge in [0.1, 0.15) is 0 Å². The standard InChI is InChI=1S/C8H14N4O3/c1-8(2)3-5(11-12-9)6(4-15-8)10-7(13)14/h5-6,10H,3-4H2,1-2H3,(H,13,14)/t5-,6+/m1/s1. The molecule has 0 aromatic rings. The molecule has 1 amide bonds. The molecular weight excluding hydrogens is 200 g/mol. The van der Waals surface area contributed by atoms with Gasteiger partial charge in [-0.1, -0.05) is 5.11 Å². The Morgan fingerprint density at radius 2 is 2.40 bits per heavy atom. The molecule has 15 heavy (non-hydrogen) atoms. The molecule has 1 rings (SSSR count). The van der Waals surface area contributed by atoms with Crippen LogP contribution in [0.25, 0.3) is 10.4 Å². The van der Waals surface area contributed by atoms with E-state index < -0.39 is 18.2 Å². The molecule has 2 atom stereocenters. The monoisotopic (exact) mass is 214 g/mol. The summed E-state index contributed by atoms with van der Waals surface area (Å²) in [4.78, 5) is 13.2. The van der Waals surface area contributed by atoms with Gasteiger partial charge in [0, 0.05) is 4.91 Å². The summed E-state index contributed by atoms with van der Waals surface area (Å²) in [6.45, 7) is 3.98. The summed E-state index contributed by atoms with van der Waals surface area (Å²) in [5.41, 5.74) is 8.00. The largest absolute Gasteiger partial charge is 0.465 e. The molecule has 0 aromatic carbocycles. The Bertz CT molecular complexity index is 298. The fourth-order valence-electron chi connectivity index (χ4n) is 1.62. The molecule has 7 nitrogen and oxygen atoms in total. The number of rotatable bonds is 2. The van der Waals surface area contributed by atoms with Gasteiger partial charge >= 0.3 is 6.09 Å². The van der Waals surface area contributed by atoms with Gasteiger partial charge in [0.2, 0.25) is 0 Å². The number of carboxylic acid groups (broad SMARTS) is 1. The van der Waals surface area contributed by atoms with E-state index in [9.17, 15) is 4.79 Å². The van der Waals surface area contributed by atoms with Gasteiger partial charge in [-0.05, 0) is 25.8 Å². The van der Waals surface area contributed by atoms with Crippen LogP contribution in [-0.2, 0) is 4.74 Å². The number of ether oxygens (including phenoxy) is 1. The van der Waals surface area contributed by atoms with Crippen molar-refractivity contribution in [3.05, 3.63) is 10.4 Å². The Kier molecular flexibility index (Phi) is 3.39. The van der Waals surface area contributed by atoms with E-state index in [1.54, 1.807) is 0 Å². The average molecular weight is 214 g/mol. The fourth-order valence-corrected chi connectivity index (χ4v) is 1.62. The van der Waals surface area contributed by atoms with Crippen LogP contribution in [0.3, 0.4) is 0 Å². The molecule has 1 heterocycles. The van der Waals surface area contributed by atoms with E-state index in [4.69, 9.17) is 15.4 Å². The molecule has 0 radical (unpaired) electrons. The molecule has 2 N–H and O–H groups in total. The van der Waals surface area contributed by atoms with E-state index in [1.807, 2.05) is 13.8 Å². The summed E-state index contributed by atoms with van der Waals surface area (Å²) >= 11 is 0. The number of amides is 1. The van der Waals surface area contributed by atoms with Gasteiger partial charge in [0.15, 0.2) is 0 Å². The van der Waals surface area contributed by atoms with Crippen LogP contribution in [0.1, 0.15) is 20.3 Å². The first kappa shape index (κ1) is 11.6. The first-order valence-electron chi connectivity index (χ1n) is 4.62. The molecule has 1 saturated heterocycles. The highest BCUT2D eigenvalue weighted by molar-refractivity contribution is 5.65. The maximum absolute atomic E-state index is 10.5. The molecule has 84 valence electrons. The van der Waals surface area contributed by atoms with Crippen molar-refractivity contribution < 1.29 is 14.6 Å². The van der Waals surface area contributed by atoms with Gasteiger partial charge in [-0.25, -0.2) is 4.79 Å². The van der Waals surface area contributed by atoms with Crippen molar-refractivity contribution in [3.8, 4) is 0 Å². The zero-order valence-corrected chi connectivity index (χ0v) is 8.67. The number of azide groups is 1. The lowest BCUT2D eigenvalue weighted by Crippen LogP contribution is -2.53. The van der Waals surface area contributed by atoms with E-state index in [0.717, 1.165) is 0 Å². The lowest BCUT2D eigenvalue weighted by molar-refractivity contribution is -0.0715. The Morgan fingerprint density at radius 3 is 2.93 bits per heavy atom. The van der Waals surface area contributed by atoms with Crippen LogP contribution < -0.4 is 5.32 Å². The minimum absolute atomic E-state index is 0.225. The van der Waals surface area contributed by atoms with Crippen LogP contribution in [0.5, 0.6) is 0 Å². The van der Waals surface area contributed by atoms with E-state index >= 15 is 0 Å². The van der Waals surface area contributed by atoms with Crippen LogP contribution in [-0.4, -0.2) is 35.5 Å². The number of nitrogens with zero attached hydrogens (tertiary/aromatic N) is 3. The Hall–Kier alpha value is -1.46. The number of hydrogen-bond acceptors (Lipinski definition) is 3. The Labute approximate surface area is 87.0 Å². The highest BCUT2D eigenvalue weighted by Gasteiger charge is 2.35. The van der Waals surface area contributed by atoms with Gasteiger partial charge in [-0.3, -0.25) is 0 Å². The van der Waals surface area contributed by atoms with Crippen molar-refractivity contribution in [2.45, 2.75) is 38.0 Å². The Morgan fingerprint density at radius 1 is 1.73 bits per heavy atom. The third kappa shape index (κ3) is 3.30. The molecule has 0 bridgehead atoms. The molecule has 0 saturated carbocycles. The highest BCUT2D eigenvalue weighted by atomic mass is 16.5. The highest BCUT2D eigenvalue weighted by Crippen LogP contribution is 2.26. The van der Waals surface area contributed by atoms with Gasteiger partial charge in [0.25, 0.3) is 0 Å². The summed E-state index contributed by atoms with van der Waals surface area (Å²) in [6.07, 6.45) is -0.636. The van der Waals surface area contributed by atoms with E-state index in [2.05, 4.69) is 15.3 Å². The molecule has 1 aliphatic heterocycles. The van der Waals surface area contributed by atoms with Gasteiger partial charge in [-0.15, -0.1) is 0 Å². The summed E-state index contributed by atoms with van der Waals surface area (Å²) in [5.74, 6) is 0. The van der Waals surface area contributed by atoms with Crippen LogP contribution in [0.15, 0.2) is 5.11 Å². The van der Waals surface area contributed by atoms with E-state index in [0.29, 0.717) is 6.42 Å². The predicted molar refractivity (Wildman–Crippen MR) is 52.5 cm³/mol. The van der Waals surface area contributed by atoms with Gasteiger partial charge < -0.3 is 15.2 Å². The van der Waals surface area contributed by atoms with Crippen molar-refractivity contribution in [1.82, 2.24) is 5.32 Å². The van der Waals surface area contributed by atoms with Crippen LogP contribution in [0, 0.1) is 0 Å². The molecule has 0 aromatic heterocycles. The SMILES string of the molecule is CC1(C)C[C@@H](N=[N+]=[N-])[C@@H](NC(=O)O)CO1. The number of carbonyl (C=O) groups is 1. The second-order valence-corrected chi connectivity index (χ2v) is 4.10. The van der Waals surface area contributed by atoms with E-state index in [-0.39, 0.29) is 12.2 Å². The molecule has 0 unspecified atom stereocenters. The summed E-state index contributed by atoms with van der Waals surface area (Å²) < 4.78 is 5.45. The third-order valence-electron chi connectivity index (χ3n) is 2.33. The van der Waals surface area contributed by atoms with Crippen molar-refractivity contribution in [2.24, 2.45) is 5.11 Å². The summed E-state index contributed by atoms with van der Waals surface area (Å²) in [7, 11) is 0. The quantitative estimate of drug-likeness (QED) is 0.413. The Balaban J connectivity index is 2.71. The molecule has 0 spiro atoms. The van der Waals surface area contributed by atoms with Crippen molar-refractivity contribution >= 4 is 6.09 Å². The minimum atomic E-state index is -1.14. The summed E-state index contributed by atoms with van der Waals surface area (Å²) in [5, 5.41) is 14.4. The predicted octanol–water partition coefficient (Wildman–Crippen LogP) is 1.50. The lowest BCUT2D eigenvalue weighted by atomic mass is 9.91. The zero-order valence-electron chi connectivity index (χ0n) is 8.67. The molecule has 0 aliphatic carbocycles. The zero-order chi connectivity index (χ0) is 11.5. The molecular formula is C8H14N4O3. The first-order chi connectivity index (χ1) is 6.94. The molecule has 1 fully saturated rings. The smallest absolute Gasteiger partial charge is 0.404 e. The minimum Gasteiger partial charge on any atom is -0.465 e. The maximum Gasteiger partial charge on any atom is 0.404 e. The second kappa shape index (κ2) is 4.37. The second-order valence-electron chi connectivity index (χ2n) is 4.10. The van der Waals surface area contributed by atoms with Crippen LogP contribution >= 0.6 is 0 Å². The lowest BCUT2D eigenvalue weighted by Gasteiger charge is -2.38. The van der Waals surface area contributed by atoms with Gasteiger partial charge in [0.05, 0.1) is 24.3 Å². The average Bonchev–Trinajstić information content (AvgIpc) is 2.09. The first-order valence-corrected chi connectivity index (χ1v) is 4.62. The van der Waals surface area contributed by atoms with Gasteiger partial charge in [-0.2, -0.15) is 0 Å². The van der Waals surface area contributed by atoms with Crippen molar-refractivity contribution in [3.63, 3.8) is 0 Å². The van der Waals surface area contributed by atoms with E-state index in [1.165, 1.54) is 0 Å². The topological polar surface area (TPSA) is 107 Å². The van der Waals surface area contributed by atoms with Crippen molar-refractivity contribution in [2.75, 3.05) is 6.61 Å². The molecule has 1 aliphatic rings. The number of nitrogens with one attached hydrogen (secondary N) is 1. The van der Waals surface area contributed by atoms with Crippen LogP contribution in [0.2, 0.25) is 0 Å². The summed E-state index contributed by atoms with van der Waals surface area (Å²) in [6, 6.07) is -0.860. The fraction of sp³-hybridized carbons (Fsp3) is 0.875. The molecule has 7 heteroatoms. The third-order valence-corrected chi connectivity index (χ3v) is 2.33. The number of hydrogen-bond donors (Lipinski definition) is 2. The normalized spacial score (nSPS) is 28.9. The van der Waals surface area contributed by atoms with Crippen LogP contribution in [0.4, 0.5) is 4.79 Å².